The summed E-state index contributed by atoms with van der Waals surface area (Å²) in [5.74, 6) is 0.456. The number of likely N-dealkylation sites (tertiary alicyclic amines) is 1. The number of amides is 2. The fraction of sp³-hybridized carbons (Fsp3) is 0.600. The quantitative estimate of drug-likeness (QED) is 0.851. The predicted molar refractivity (Wildman–Crippen MR) is 91.8 cm³/mol. The van der Waals surface area contributed by atoms with Crippen molar-refractivity contribution in [1.29, 1.82) is 0 Å². The summed E-state index contributed by atoms with van der Waals surface area (Å²) >= 11 is 0. The Hall–Kier alpha value is -2.03. The smallest absolute Gasteiger partial charge is 0.317 e. The summed E-state index contributed by atoms with van der Waals surface area (Å²) in [5.41, 5.74) is 0.482. The number of carbonyl (C=O) groups excluding carboxylic acids is 1. The molecule has 134 valence electrons. The highest BCUT2D eigenvalue weighted by Gasteiger charge is 2.24. The summed E-state index contributed by atoms with van der Waals surface area (Å²) in [6.45, 7) is 3.80. The van der Waals surface area contributed by atoms with Crippen molar-refractivity contribution in [2.45, 2.75) is 25.9 Å². The standard InChI is InChI=1S/C15H24N4O4S/c1-4-16-15(20)19-9-7-13(8-10-19)23-14-6-5-12(11-17-14)18(2)24(3,21)22/h5-6,11,13H,4,7-10H2,1-3H3,(H,16,20). The van der Waals surface area contributed by atoms with Crippen LogP contribution in [-0.2, 0) is 10.0 Å². The maximum atomic E-state index is 11.8. The van der Waals surface area contributed by atoms with Crippen molar-refractivity contribution < 1.29 is 17.9 Å². The number of urea groups is 1. The molecule has 2 amide bonds. The molecule has 1 N–H and O–H groups in total. The molecule has 8 nitrogen and oxygen atoms in total. The van der Waals surface area contributed by atoms with Gasteiger partial charge in [0.15, 0.2) is 0 Å². The second-order valence-corrected chi connectivity index (χ2v) is 7.74. The molecule has 0 atom stereocenters. The van der Waals surface area contributed by atoms with Crippen LogP contribution in [0.5, 0.6) is 5.88 Å². The van der Waals surface area contributed by atoms with Gasteiger partial charge in [-0.1, -0.05) is 0 Å². The van der Waals surface area contributed by atoms with Crippen molar-refractivity contribution in [2.75, 3.05) is 37.2 Å². The zero-order chi connectivity index (χ0) is 17.7. The topological polar surface area (TPSA) is 91.8 Å². The average molecular weight is 356 g/mol. The molecule has 0 spiro atoms. The summed E-state index contributed by atoms with van der Waals surface area (Å²) < 4.78 is 30.0. The van der Waals surface area contributed by atoms with E-state index in [2.05, 4.69) is 10.3 Å². The molecule has 1 aromatic heterocycles. The predicted octanol–water partition coefficient (Wildman–Crippen LogP) is 1.05. The van der Waals surface area contributed by atoms with E-state index in [1.165, 1.54) is 13.2 Å². The van der Waals surface area contributed by atoms with Crippen LogP contribution in [0.15, 0.2) is 18.3 Å². The number of ether oxygens (including phenoxy) is 1. The molecule has 0 aromatic carbocycles. The lowest BCUT2D eigenvalue weighted by Crippen LogP contribution is -2.46. The zero-order valence-corrected chi connectivity index (χ0v) is 15.0. The summed E-state index contributed by atoms with van der Waals surface area (Å²) in [4.78, 5) is 17.7. The molecule has 1 fully saturated rings. The van der Waals surface area contributed by atoms with Gasteiger partial charge in [0.05, 0.1) is 18.1 Å². The minimum Gasteiger partial charge on any atom is -0.474 e. The van der Waals surface area contributed by atoms with Crippen LogP contribution in [0.4, 0.5) is 10.5 Å². The monoisotopic (exact) mass is 356 g/mol. The number of sulfonamides is 1. The molecular formula is C15H24N4O4S. The van der Waals surface area contributed by atoms with Gasteiger partial charge in [-0.15, -0.1) is 0 Å². The van der Waals surface area contributed by atoms with Gasteiger partial charge in [-0.2, -0.15) is 0 Å². The Morgan fingerprint density at radius 2 is 2.08 bits per heavy atom. The number of nitrogens with one attached hydrogen (secondary N) is 1. The lowest BCUT2D eigenvalue weighted by molar-refractivity contribution is 0.107. The summed E-state index contributed by atoms with van der Waals surface area (Å²) in [6.07, 6.45) is 4.09. The molecule has 1 aliphatic rings. The molecule has 1 aliphatic heterocycles. The van der Waals surface area contributed by atoms with E-state index >= 15 is 0 Å². The van der Waals surface area contributed by atoms with Crippen molar-refractivity contribution >= 4 is 21.7 Å². The third-order valence-corrected chi connectivity index (χ3v) is 5.13. The molecule has 1 saturated heterocycles. The van der Waals surface area contributed by atoms with E-state index in [1.54, 1.807) is 17.0 Å². The largest absolute Gasteiger partial charge is 0.474 e. The fourth-order valence-electron chi connectivity index (χ4n) is 2.43. The van der Waals surface area contributed by atoms with Crippen LogP contribution in [0.25, 0.3) is 0 Å². The van der Waals surface area contributed by atoms with E-state index in [0.29, 0.717) is 31.2 Å². The molecule has 9 heteroatoms. The Balaban J connectivity index is 1.88. The first-order valence-corrected chi connectivity index (χ1v) is 9.75. The van der Waals surface area contributed by atoms with Gasteiger partial charge in [0, 0.05) is 45.6 Å². The minimum atomic E-state index is -3.31. The van der Waals surface area contributed by atoms with E-state index in [9.17, 15) is 13.2 Å². The number of carbonyl (C=O) groups is 1. The van der Waals surface area contributed by atoms with Crippen molar-refractivity contribution in [1.82, 2.24) is 15.2 Å². The Kier molecular flexibility index (Phi) is 5.87. The molecule has 24 heavy (non-hydrogen) atoms. The lowest BCUT2D eigenvalue weighted by atomic mass is 10.1. The Morgan fingerprint density at radius 1 is 1.42 bits per heavy atom. The van der Waals surface area contributed by atoms with E-state index < -0.39 is 10.0 Å². The molecule has 0 bridgehead atoms. The number of hydrogen-bond donors (Lipinski definition) is 1. The highest BCUT2D eigenvalue weighted by molar-refractivity contribution is 7.92. The molecule has 2 rings (SSSR count). The maximum absolute atomic E-state index is 11.8. The molecular weight excluding hydrogens is 332 g/mol. The number of pyridine rings is 1. The summed E-state index contributed by atoms with van der Waals surface area (Å²) in [7, 11) is -1.83. The SMILES string of the molecule is CCNC(=O)N1CCC(Oc2ccc(N(C)S(C)(=O)=O)cn2)CC1. The lowest BCUT2D eigenvalue weighted by Gasteiger charge is -2.31. The van der Waals surface area contributed by atoms with Crippen LogP contribution in [0.3, 0.4) is 0 Å². The molecule has 2 heterocycles. The molecule has 0 saturated carbocycles. The summed E-state index contributed by atoms with van der Waals surface area (Å²) in [5, 5.41) is 2.79. The number of nitrogens with zero attached hydrogens (tertiary/aromatic N) is 3. The fourth-order valence-corrected chi connectivity index (χ4v) is 2.92. The second-order valence-electron chi connectivity index (χ2n) is 5.72. The number of anilines is 1. The molecule has 0 aliphatic carbocycles. The van der Waals surface area contributed by atoms with Gasteiger partial charge >= 0.3 is 6.03 Å². The highest BCUT2D eigenvalue weighted by atomic mass is 32.2. The van der Waals surface area contributed by atoms with Crippen LogP contribution < -0.4 is 14.4 Å². The average Bonchev–Trinajstić information content (AvgIpc) is 2.55. The zero-order valence-electron chi connectivity index (χ0n) is 14.2. The second kappa shape index (κ2) is 7.69. The van der Waals surface area contributed by atoms with Crippen LogP contribution >= 0.6 is 0 Å². The first-order chi connectivity index (χ1) is 11.3. The van der Waals surface area contributed by atoms with Crippen molar-refractivity contribution in [3.05, 3.63) is 18.3 Å². The van der Waals surface area contributed by atoms with Crippen molar-refractivity contribution in [2.24, 2.45) is 0 Å². The first-order valence-electron chi connectivity index (χ1n) is 7.90. The van der Waals surface area contributed by atoms with Gasteiger partial charge < -0.3 is 15.0 Å². The maximum Gasteiger partial charge on any atom is 0.317 e. The molecule has 0 unspecified atom stereocenters. The third-order valence-electron chi connectivity index (χ3n) is 3.93. The third kappa shape index (κ3) is 4.73. The Bertz CT molecular complexity index is 655. The highest BCUT2D eigenvalue weighted by Crippen LogP contribution is 2.21. The van der Waals surface area contributed by atoms with Crippen LogP contribution in [0.1, 0.15) is 19.8 Å². The van der Waals surface area contributed by atoms with Gasteiger partial charge in [-0.3, -0.25) is 4.31 Å². The molecule has 0 radical (unpaired) electrons. The van der Waals surface area contributed by atoms with Gasteiger partial charge in [0.25, 0.3) is 0 Å². The van der Waals surface area contributed by atoms with Gasteiger partial charge in [0.2, 0.25) is 15.9 Å². The Labute approximate surface area is 142 Å². The Morgan fingerprint density at radius 3 is 2.58 bits per heavy atom. The van der Waals surface area contributed by atoms with Crippen molar-refractivity contribution in [3.63, 3.8) is 0 Å². The van der Waals surface area contributed by atoms with Gasteiger partial charge in [0.1, 0.15) is 6.10 Å². The number of aromatic nitrogens is 1. The van der Waals surface area contributed by atoms with Crippen LogP contribution in [-0.4, -0.2) is 63.4 Å². The van der Waals surface area contributed by atoms with Crippen LogP contribution in [0.2, 0.25) is 0 Å². The number of hydrogen-bond acceptors (Lipinski definition) is 5. The van der Waals surface area contributed by atoms with Gasteiger partial charge in [-0.25, -0.2) is 18.2 Å². The first kappa shape index (κ1) is 18.3. The normalized spacial score (nSPS) is 15.9. The van der Waals surface area contributed by atoms with Gasteiger partial charge in [-0.05, 0) is 13.0 Å². The van der Waals surface area contributed by atoms with E-state index in [1.807, 2.05) is 6.92 Å². The number of rotatable bonds is 5. The summed E-state index contributed by atoms with van der Waals surface area (Å²) in [6, 6.07) is 3.28. The van der Waals surface area contributed by atoms with Crippen LogP contribution in [0, 0.1) is 0 Å². The van der Waals surface area contributed by atoms with E-state index in [-0.39, 0.29) is 12.1 Å². The molecule has 1 aromatic rings. The minimum absolute atomic E-state index is 0.00154. The van der Waals surface area contributed by atoms with Crippen molar-refractivity contribution in [3.8, 4) is 5.88 Å². The van der Waals surface area contributed by atoms with E-state index in [0.717, 1.165) is 23.4 Å². The number of piperidine rings is 1. The van der Waals surface area contributed by atoms with E-state index in [4.69, 9.17) is 4.74 Å².